The van der Waals surface area contributed by atoms with Crippen molar-refractivity contribution in [2.75, 3.05) is 0 Å². The van der Waals surface area contributed by atoms with Gasteiger partial charge in [0.2, 0.25) is 0 Å². The zero-order valence-corrected chi connectivity index (χ0v) is 9.47. The normalized spacial score (nSPS) is 38.7. The van der Waals surface area contributed by atoms with Crippen LogP contribution in [0.3, 0.4) is 0 Å². The molecule has 1 amide bonds. The number of fused-ring (bicyclic) bond motifs is 1. The van der Waals surface area contributed by atoms with Crippen LogP contribution in [0.15, 0.2) is 0 Å². The summed E-state index contributed by atoms with van der Waals surface area (Å²) in [6.45, 7) is 5.77. The fourth-order valence-corrected chi connectivity index (χ4v) is 3.02. The van der Waals surface area contributed by atoms with Crippen molar-refractivity contribution in [2.24, 2.45) is 11.8 Å². The van der Waals surface area contributed by atoms with Crippen molar-refractivity contribution in [3.8, 4) is 0 Å². The van der Waals surface area contributed by atoms with E-state index in [4.69, 9.17) is 0 Å². The number of carbonyl (C=O) groups is 1. The van der Waals surface area contributed by atoms with Gasteiger partial charge in [-0.15, -0.1) is 0 Å². The van der Waals surface area contributed by atoms with Crippen LogP contribution in [0.1, 0.15) is 33.6 Å². The van der Waals surface area contributed by atoms with Crippen LogP contribution in [0.25, 0.3) is 0 Å². The maximum absolute atomic E-state index is 11.2. The Labute approximate surface area is 89.9 Å². The molecule has 0 spiro atoms. The van der Waals surface area contributed by atoms with Crippen molar-refractivity contribution < 1.29 is 15.0 Å². The number of hydrogen-bond acceptors (Lipinski definition) is 2. The summed E-state index contributed by atoms with van der Waals surface area (Å²) in [6.07, 6.45) is 0.507. The van der Waals surface area contributed by atoms with Gasteiger partial charge in [-0.1, -0.05) is 0 Å². The van der Waals surface area contributed by atoms with E-state index in [0.717, 1.165) is 12.8 Å². The van der Waals surface area contributed by atoms with Crippen LogP contribution in [-0.2, 0) is 0 Å². The van der Waals surface area contributed by atoms with Crippen LogP contribution in [-0.4, -0.2) is 38.9 Å². The summed E-state index contributed by atoms with van der Waals surface area (Å²) >= 11 is 0. The van der Waals surface area contributed by atoms with Gasteiger partial charge in [0.05, 0.1) is 6.10 Å². The third-order valence-corrected chi connectivity index (χ3v) is 3.60. The third kappa shape index (κ3) is 1.71. The number of aliphatic hydroxyl groups is 1. The molecule has 0 saturated heterocycles. The molecule has 4 heteroatoms. The summed E-state index contributed by atoms with van der Waals surface area (Å²) in [5.74, 6) is 0.797. The number of nitrogens with zero attached hydrogens (tertiary/aromatic N) is 1. The number of aliphatic hydroxyl groups excluding tert-OH is 1. The van der Waals surface area contributed by atoms with E-state index < -0.39 is 6.09 Å². The number of rotatable bonds is 1. The fourth-order valence-electron chi connectivity index (χ4n) is 3.02. The summed E-state index contributed by atoms with van der Waals surface area (Å²) in [5.41, 5.74) is -0.341. The van der Waals surface area contributed by atoms with Crippen LogP contribution in [0.2, 0.25) is 0 Å². The second kappa shape index (κ2) is 3.11. The molecule has 0 heterocycles. The van der Waals surface area contributed by atoms with E-state index in [-0.39, 0.29) is 17.7 Å². The van der Waals surface area contributed by atoms with Crippen molar-refractivity contribution >= 4 is 6.09 Å². The average Bonchev–Trinajstić information content (AvgIpc) is 2.55. The van der Waals surface area contributed by atoms with Gasteiger partial charge < -0.3 is 10.2 Å². The molecule has 86 valence electrons. The van der Waals surface area contributed by atoms with Crippen LogP contribution in [0.4, 0.5) is 4.79 Å². The molecule has 2 rings (SSSR count). The van der Waals surface area contributed by atoms with Crippen molar-refractivity contribution in [2.45, 2.75) is 51.3 Å². The van der Waals surface area contributed by atoms with Crippen molar-refractivity contribution in [1.82, 2.24) is 4.90 Å². The minimum Gasteiger partial charge on any atom is -0.465 e. The molecule has 0 aromatic carbocycles. The minimum absolute atomic E-state index is 0.144. The topological polar surface area (TPSA) is 60.8 Å². The molecule has 0 bridgehead atoms. The Balaban J connectivity index is 2.08. The van der Waals surface area contributed by atoms with E-state index in [2.05, 4.69) is 0 Å². The summed E-state index contributed by atoms with van der Waals surface area (Å²) in [6, 6.07) is 0.144. The molecular weight excluding hydrogens is 194 g/mol. The summed E-state index contributed by atoms with van der Waals surface area (Å²) in [7, 11) is 0. The molecule has 2 N–H and O–H groups in total. The molecule has 0 radical (unpaired) electrons. The lowest BCUT2D eigenvalue weighted by Crippen LogP contribution is -2.48. The quantitative estimate of drug-likeness (QED) is 0.694. The van der Waals surface area contributed by atoms with E-state index in [0.29, 0.717) is 11.8 Å². The number of hydrogen-bond donors (Lipinski definition) is 2. The Bertz CT molecular complexity index is 272. The lowest BCUT2D eigenvalue weighted by Gasteiger charge is -2.35. The summed E-state index contributed by atoms with van der Waals surface area (Å²) < 4.78 is 0. The molecule has 2 aliphatic rings. The second-order valence-corrected chi connectivity index (χ2v) is 5.77. The highest BCUT2D eigenvalue weighted by molar-refractivity contribution is 5.67. The van der Waals surface area contributed by atoms with Crippen LogP contribution in [0, 0.1) is 11.8 Å². The van der Waals surface area contributed by atoms with Gasteiger partial charge in [-0.05, 0) is 45.4 Å². The zero-order chi connectivity index (χ0) is 11.4. The molecule has 0 aromatic heterocycles. The monoisotopic (exact) mass is 213 g/mol. The van der Waals surface area contributed by atoms with E-state index in [1.54, 1.807) is 4.90 Å². The Morgan fingerprint density at radius 2 is 1.73 bits per heavy atom. The molecule has 2 unspecified atom stereocenters. The Morgan fingerprint density at radius 3 is 2.07 bits per heavy atom. The van der Waals surface area contributed by atoms with E-state index >= 15 is 0 Å². The van der Waals surface area contributed by atoms with Crippen LogP contribution >= 0.6 is 0 Å². The van der Waals surface area contributed by atoms with E-state index in [9.17, 15) is 15.0 Å². The van der Waals surface area contributed by atoms with Crippen LogP contribution in [0.5, 0.6) is 0 Å². The molecular formula is C11H19NO3. The van der Waals surface area contributed by atoms with Gasteiger partial charge in [0.15, 0.2) is 0 Å². The van der Waals surface area contributed by atoms with E-state index in [1.807, 2.05) is 20.8 Å². The smallest absolute Gasteiger partial charge is 0.408 e. The van der Waals surface area contributed by atoms with Gasteiger partial charge in [-0.2, -0.15) is 0 Å². The number of amides is 1. The van der Waals surface area contributed by atoms with Gasteiger partial charge in [0.25, 0.3) is 0 Å². The predicted molar refractivity (Wildman–Crippen MR) is 55.6 cm³/mol. The highest BCUT2D eigenvalue weighted by Crippen LogP contribution is 2.56. The molecule has 4 nitrogen and oxygen atoms in total. The standard InChI is InChI=1S/C11H19NO3/c1-11(2,3)12(10(14)15)9-7-4-6(13)5-8(7)9/h6-9,13H,4-5H2,1-3H3,(H,14,15)/t6?,7-,8+,9?. The maximum Gasteiger partial charge on any atom is 0.408 e. The largest absolute Gasteiger partial charge is 0.465 e. The first-order chi connectivity index (χ1) is 6.82. The van der Waals surface area contributed by atoms with Crippen molar-refractivity contribution in [3.05, 3.63) is 0 Å². The van der Waals surface area contributed by atoms with E-state index in [1.165, 1.54) is 0 Å². The Morgan fingerprint density at radius 1 is 1.27 bits per heavy atom. The first kappa shape index (κ1) is 10.7. The van der Waals surface area contributed by atoms with Gasteiger partial charge >= 0.3 is 6.09 Å². The molecule has 2 saturated carbocycles. The molecule has 0 aromatic rings. The molecule has 15 heavy (non-hydrogen) atoms. The maximum atomic E-state index is 11.2. The Kier molecular flexibility index (Phi) is 2.23. The van der Waals surface area contributed by atoms with Crippen LogP contribution < -0.4 is 0 Å². The highest BCUT2D eigenvalue weighted by atomic mass is 16.4. The molecule has 2 fully saturated rings. The third-order valence-electron chi connectivity index (χ3n) is 3.60. The number of carboxylic acid groups (broad SMARTS) is 1. The van der Waals surface area contributed by atoms with Gasteiger partial charge in [0, 0.05) is 11.6 Å². The minimum atomic E-state index is -0.837. The molecule has 0 aliphatic heterocycles. The summed E-state index contributed by atoms with van der Waals surface area (Å²) in [5, 5.41) is 18.6. The highest BCUT2D eigenvalue weighted by Gasteiger charge is 2.61. The lowest BCUT2D eigenvalue weighted by atomic mass is 10.0. The zero-order valence-electron chi connectivity index (χ0n) is 9.47. The fraction of sp³-hybridized carbons (Fsp3) is 0.909. The predicted octanol–water partition coefficient (Wildman–Crippen LogP) is 1.53. The lowest BCUT2D eigenvalue weighted by molar-refractivity contribution is 0.0756. The first-order valence-corrected chi connectivity index (χ1v) is 5.52. The van der Waals surface area contributed by atoms with Crippen molar-refractivity contribution in [1.29, 1.82) is 0 Å². The molecule has 2 aliphatic carbocycles. The Hall–Kier alpha value is -0.770. The molecule has 4 atom stereocenters. The van der Waals surface area contributed by atoms with Gasteiger partial charge in [0.1, 0.15) is 0 Å². The van der Waals surface area contributed by atoms with Gasteiger partial charge in [-0.3, -0.25) is 4.90 Å². The average molecular weight is 213 g/mol. The second-order valence-electron chi connectivity index (χ2n) is 5.77. The van der Waals surface area contributed by atoms with Crippen molar-refractivity contribution in [3.63, 3.8) is 0 Å². The summed E-state index contributed by atoms with van der Waals surface area (Å²) in [4.78, 5) is 12.8. The first-order valence-electron chi connectivity index (χ1n) is 5.52. The van der Waals surface area contributed by atoms with Gasteiger partial charge in [-0.25, -0.2) is 4.79 Å². The SMILES string of the molecule is CC(C)(C)N(C(=O)O)C1[C@H]2CC(O)C[C@@H]12.